The van der Waals surface area contributed by atoms with Crippen molar-refractivity contribution in [2.45, 2.75) is 32.2 Å². The molecule has 6 nitrogen and oxygen atoms in total. The summed E-state index contributed by atoms with van der Waals surface area (Å²) >= 11 is 0. The summed E-state index contributed by atoms with van der Waals surface area (Å²) in [6.45, 7) is 3.87. The minimum Gasteiger partial charge on any atom is -0.352 e. The molecule has 1 amide bonds. The molecule has 4 rings (SSSR count). The van der Waals surface area contributed by atoms with E-state index in [-0.39, 0.29) is 5.91 Å². The van der Waals surface area contributed by atoms with Crippen molar-refractivity contribution in [3.63, 3.8) is 0 Å². The lowest BCUT2D eigenvalue weighted by atomic mass is 10.1. The number of likely N-dealkylation sites (tertiary alicyclic amines) is 1. The molecule has 0 bridgehead atoms. The van der Waals surface area contributed by atoms with Gasteiger partial charge in [0.1, 0.15) is 5.82 Å². The molecular formula is C21H25N5O. The van der Waals surface area contributed by atoms with Crippen LogP contribution in [0.3, 0.4) is 0 Å². The summed E-state index contributed by atoms with van der Waals surface area (Å²) in [5, 5.41) is 11.3. The van der Waals surface area contributed by atoms with Crippen LogP contribution in [0.5, 0.6) is 0 Å². The van der Waals surface area contributed by atoms with Crippen molar-refractivity contribution < 1.29 is 4.79 Å². The van der Waals surface area contributed by atoms with Crippen LogP contribution in [0, 0.1) is 0 Å². The summed E-state index contributed by atoms with van der Waals surface area (Å²) in [5.74, 6) is 0.802. The second-order valence-corrected chi connectivity index (χ2v) is 7.08. The Balaban J connectivity index is 1.29. The van der Waals surface area contributed by atoms with Gasteiger partial charge in [0.2, 0.25) is 0 Å². The van der Waals surface area contributed by atoms with E-state index in [9.17, 15) is 4.79 Å². The number of hydrogen-bond acceptors (Lipinski definition) is 4. The molecule has 0 atom stereocenters. The summed E-state index contributed by atoms with van der Waals surface area (Å²) in [6, 6.07) is 13.8. The Morgan fingerprint density at radius 1 is 1.00 bits per heavy atom. The van der Waals surface area contributed by atoms with Crippen molar-refractivity contribution in [1.29, 1.82) is 0 Å². The molecular weight excluding hydrogens is 338 g/mol. The van der Waals surface area contributed by atoms with E-state index in [0.29, 0.717) is 18.5 Å². The van der Waals surface area contributed by atoms with Crippen molar-refractivity contribution in [2.24, 2.45) is 0 Å². The molecule has 1 N–H and O–H groups in total. The predicted molar refractivity (Wildman–Crippen MR) is 105 cm³/mol. The fraction of sp³-hybridized carbons (Fsp3) is 0.381. The zero-order valence-electron chi connectivity index (χ0n) is 15.5. The normalized spacial score (nSPS) is 15.1. The number of aromatic nitrogens is 3. The molecule has 2 aromatic heterocycles. The molecule has 1 aliphatic heterocycles. The lowest BCUT2D eigenvalue weighted by molar-refractivity contribution is 0.0954. The molecule has 3 aromatic rings. The van der Waals surface area contributed by atoms with Crippen LogP contribution in [0.4, 0.5) is 0 Å². The smallest absolute Gasteiger partial charge is 0.251 e. The molecule has 6 heteroatoms. The Morgan fingerprint density at radius 3 is 2.63 bits per heavy atom. The van der Waals surface area contributed by atoms with Crippen molar-refractivity contribution in [1.82, 2.24) is 24.8 Å². The Hall–Kier alpha value is -2.73. The number of carbonyl (C=O) groups is 1. The Kier molecular flexibility index (Phi) is 5.44. The number of fused-ring (bicyclic) bond motifs is 1. The molecule has 1 aromatic carbocycles. The van der Waals surface area contributed by atoms with Crippen molar-refractivity contribution >= 4 is 11.6 Å². The summed E-state index contributed by atoms with van der Waals surface area (Å²) < 4.78 is 1.95. The number of nitrogens with one attached hydrogen (secondary N) is 1. The standard InChI is InChI=1S/C21H25N5O/c27-21(22-12-11-20-24-23-19-6-2-5-15-26(19)20)18-9-7-17(8-10-18)16-25-13-3-1-4-14-25/h2,5-10,15H,1,3-4,11-14,16H2,(H,22,27). The van der Waals surface area contributed by atoms with Crippen LogP contribution in [0.1, 0.15) is 41.0 Å². The second-order valence-electron chi connectivity index (χ2n) is 7.08. The third kappa shape index (κ3) is 4.34. The fourth-order valence-corrected chi connectivity index (χ4v) is 3.59. The van der Waals surface area contributed by atoms with Gasteiger partial charge in [-0.2, -0.15) is 0 Å². The second kappa shape index (κ2) is 8.31. The van der Waals surface area contributed by atoms with Gasteiger partial charge in [0, 0.05) is 31.3 Å². The van der Waals surface area contributed by atoms with Gasteiger partial charge in [0.15, 0.2) is 5.65 Å². The number of benzene rings is 1. The molecule has 0 aliphatic carbocycles. The van der Waals surface area contributed by atoms with E-state index in [0.717, 1.165) is 18.0 Å². The van der Waals surface area contributed by atoms with Gasteiger partial charge in [-0.05, 0) is 55.8 Å². The highest BCUT2D eigenvalue weighted by molar-refractivity contribution is 5.94. The minimum atomic E-state index is -0.0478. The number of amides is 1. The van der Waals surface area contributed by atoms with Crippen LogP contribution in [0.25, 0.3) is 5.65 Å². The van der Waals surface area contributed by atoms with E-state index < -0.39 is 0 Å². The van der Waals surface area contributed by atoms with Gasteiger partial charge in [0.05, 0.1) is 0 Å². The van der Waals surface area contributed by atoms with Crippen molar-refractivity contribution in [2.75, 3.05) is 19.6 Å². The maximum atomic E-state index is 12.4. The van der Waals surface area contributed by atoms with Gasteiger partial charge in [-0.15, -0.1) is 10.2 Å². The van der Waals surface area contributed by atoms with Gasteiger partial charge < -0.3 is 5.32 Å². The SMILES string of the molecule is O=C(NCCc1nnc2ccccn12)c1ccc(CN2CCCCC2)cc1. The van der Waals surface area contributed by atoms with Gasteiger partial charge in [-0.1, -0.05) is 24.6 Å². The van der Waals surface area contributed by atoms with E-state index >= 15 is 0 Å². The molecule has 1 aliphatic rings. The van der Waals surface area contributed by atoms with Gasteiger partial charge in [0.25, 0.3) is 5.91 Å². The van der Waals surface area contributed by atoms with E-state index in [4.69, 9.17) is 0 Å². The summed E-state index contributed by atoms with van der Waals surface area (Å²) in [6.07, 6.45) is 6.52. The van der Waals surface area contributed by atoms with E-state index in [1.165, 1.54) is 37.9 Å². The first-order chi connectivity index (χ1) is 13.3. The first-order valence-electron chi connectivity index (χ1n) is 9.68. The summed E-state index contributed by atoms with van der Waals surface area (Å²) in [5.41, 5.74) is 2.79. The molecule has 27 heavy (non-hydrogen) atoms. The quantitative estimate of drug-likeness (QED) is 0.731. The molecule has 3 heterocycles. The maximum Gasteiger partial charge on any atom is 0.251 e. The molecule has 0 radical (unpaired) electrons. The third-order valence-corrected chi connectivity index (χ3v) is 5.09. The Bertz CT molecular complexity index is 896. The van der Waals surface area contributed by atoms with Crippen molar-refractivity contribution in [3.8, 4) is 0 Å². The average molecular weight is 363 g/mol. The molecule has 1 saturated heterocycles. The Labute approximate surface area is 159 Å². The third-order valence-electron chi connectivity index (χ3n) is 5.09. The van der Waals surface area contributed by atoms with Crippen LogP contribution < -0.4 is 5.32 Å². The number of rotatable bonds is 6. The monoisotopic (exact) mass is 363 g/mol. The molecule has 0 unspecified atom stereocenters. The van der Waals surface area contributed by atoms with Crippen LogP contribution in [0.2, 0.25) is 0 Å². The molecule has 0 saturated carbocycles. The lowest BCUT2D eigenvalue weighted by Gasteiger charge is -2.26. The minimum absolute atomic E-state index is 0.0478. The number of hydrogen-bond donors (Lipinski definition) is 1. The van der Waals surface area contributed by atoms with Crippen LogP contribution in [-0.4, -0.2) is 45.0 Å². The van der Waals surface area contributed by atoms with Gasteiger partial charge in [-0.3, -0.25) is 14.1 Å². The number of pyridine rings is 1. The first kappa shape index (κ1) is 17.7. The number of carbonyl (C=O) groups excluding carboxylic acids is 1. The highest BCUT2D eigenvalue weighted by atomic mass is 16.1. The molecule has 140 valence electrons. The van der Waals surface area contributed by atoms with Gasteiger partial charge in [-0.25, -0.2) is 0 Å². The highest BCUT2D eigenvalue weighted by Gasteiger charge is 2.11. The zero-order valence-corrected chi connectivity index (χ0v) is 15.5. The topological polar surface area (TPSA) is 62.5 Å². The fourth-order valence-electron chi connectivity index (χ4n) is 3.59. The van der Waals surface area contributed by atoms with Crippen LogP contribution >= 0.6 is 0 Å². The van der Waals surface area contributed by atoms with Crippen LogP contribution in [-0.2, 0) is 13.0 Å². The van der Waals surface area contributed by atoms with Crippen LogP contribution in [0.15, 0.2) is 48.7 Å². The number of piperidine rings is 1. The predicted octanol–water partition coefficient (Wildman–Crippen LogP) is 2.69. The summed E-state index contributed by atoms with van der Waals surface area (Å²) in [4.78, 5) is 14.9. The zero-order chi connectivity index (χ0) is 18.5. The maximum absolute atomic E-state index is 12.4. The first-order valence-corrected chi connectivity index (χ1v) is 9.68. The number of nitrogens with zero attached hydrogens (tertiary/aromatic N) is 4. The molecule has 0 spiro atoms. The summed E-state index contributed by atoms with van der Waals surface area (Å²) in [7, 11) is 0. The molecule has 1 fully saturated rings. The van der Waals surface area contributed by atoms with Gasteiger partial charge >= 0.3 is 0 Å². The van der Waals surface area contributed by atoms with E-state index in [2.05, 4.69) is 32.5 Å². The highest BCUT2D eigenvalue weighted by Crippen LogP contribution is 2.13. The van der Waals surface area contributed by atoms with E-state index in [1.54, 1.807) is 0 Å². The van der Waals surface area contributed by atoms with E-state index in [1.807, 2.05) is 40.9 Å². The van der Waals surface area contributed by atoms with Crippen molar-refractivity contribution in [3.05, 3.63) is 65.6 Å². The largest absolute Gasteiger partial charge is 0.352 e. The Morgan fingerprint density at radius 2 is 1.81 bits per heavy atom. The average Bonchev–Trinajstić information content (AvgIpc) is 3.12. The lowest BCUT2D eigenvalue weighted by Crippen LogP contribution is -2.29.